The van der Waals surface area contributed by atoms with Crippen LogP contribution in [0.5, 0.6) is 5.75 Å². The summed E-state index contributed by atoms with van der Waals surface area (Å²) in [5.74, 6) is 1.69. The molecule has 24 heavy (non-hydrogen) atoms. The first-order valence-corrected chi connectivity index (χ1v) is 8.35. The molecule has 124 valence electrons. The zero-order chi connectivity index (χ0) is 16.4. The van der Waals surface area contributed by atoms with Gasteiger partial charge in [0.25, 0.3) is 0 Å². The number of methoxy groups -OCH3 is 1. The topological polar surface area (TPSA) is 48.3 Å². The van der Waals surface area contributed by atoms with Gasteiger partial charge in [-0.25, -0.2) is 4.68 Å². The van der Waals surface area contributed by atoms with Gasteiger partial charge in [-0.15, -0.1) is 0 Å². The van der Waals surface area contributed by atoms with Crippen molar-refractivity contribution in [3.63, 3.8) is 0 Å². The fourth-order valence-electron chi connectivity index (χ4n) is 3.13. The van der Waals surface area contributed by atoms with Crippen LogP contribution in [0.1, 0.15) is 25.5 Å². The van der Waals surface area contributed by atoms with Crippen molar-refractivity contribution in [2.24, 2.45) is 0 Å². The summed E-state index contributed by atoms with van der Waals surface area (Å²) in [4.78, 5) is 0. The second-order valence-electron chi connectivity index (χ2n) is 5.99. The zero-order valence-electron chi connectivity index (χ0n) is 13.7. The minimum Gasteiger partial charge on any atom is -0.497 e. The van der Waals surface area contributed by atoms with Crippen molar-refractivity contribution in [1.29, 1.82) is 0 Å². The maximum atomic E-state index is 5.92. The van der Waals surface area contributed by atoms with E-state index in [0.29, 0.717) is 0 Å². The van der Waals surface area contributed by atoms with Crippen molar-refractivity contribution < 1.29 is 9.47 Å². The summed E-state index contributed by atoms with van der Waals surface area (Å²) in [6, 6.07) is 16.1. The highest BCUT2D eigenvalue weighted by Gasteiger charge is 2.20. The first-order valence-electron chi connectivity index (χ1n) is 8.35. The molecule has 1 atom stereocenters. The maximum absolute atomic E-state index is 5.92. The van der Waals surface area contributed by atoms with Crippen LogP contribution in [0.3, 0.4) is 0 Å². The minimum atomic E-state index is 0.0232. The van der Waals surface area contributed by atoms with Crippen molar-refractivity contribution in [1.82, 2.24) is 9.78 Å². The average molecular weight is 323 g/mol. The maximum Gasteiger partial charge on any atom is 0.160 e. The van der Waals surface area contributed by atoms with E-state index >= 15 is 0 Å². The third-order valence-corrected chi connectivity index (χ3v) is 4.39. The summed E-state index contributed by atoms with van der Waals surface area (Å²) in [5, 5.41) is 9.31. The molecule has 1 unspecified atom stereocenters. The second kappa shape index (κ2) is 6.53. The highest BCUT2D eigenvalue weighted by atomic mass is 16.5. The van der Waals surface area contributed by atoms with Gasteiger partial charge in [0.15, 0.2) is 12.0 Å². The predicted molar refractivity (Wildman–Crippen MR) is 94.8 cm³/mol. The molecular formula is C19H21N3O2. The molecular weight excluding hydrogens is 302 g/mol. The van der Waals surface area contributed by atoms with Gasteiger partial charge in [-0.3, -0.25) is 0 Å². The quantitative estimate of drug-likeness (QED) is 0.768. The number of nitrogens with zero attached hydrogens (tertiary/aromatic N) is 2. The van der Waals surface area contributed by atoms with Crippen LogP contribution in [-0.2, 0) is 4.74 Å². The van der Waals surface area contributed by atoms with Gasteiger partial charge in [0.2, 0.25) is 0 Å². The monoisotopic (exact) mass is 323 g/mol. The number of benzene rings is 2. The number of hydrogen-bond acceptors (Lipinski definition) is 4. The third kappa shape index (κ3) is 2.83. The first kappa shape index (κ1) is 15.0. The summed E-state index contributed by atoms with van der Waals surface area (Å²) in [6.45, 7) is 0.806. The van der Waals surface area contributed by atoms with Crippen LogP contribution in [0.4, 0.5) is 11.5 Å². The number of aromatic nitrogens is 2. The summed E-state index contributed by atoms with van der Waals surface area (Å²) < 4.78 is 13.1. The lowest BCUT2D eigenvalue weighted by molar-refractivity contribution is -0.0365. The standard InChI is InChI=1S/C19H21N3O2/c1-23-15-11-9-14(10-12-15)20-19-16-6-2-3-7-17(16)22(21-19)18-8-4-5-13-24-18/h2-3,6-7,9-12,18H,4-5,8,13H2,1H3,(H,20,21). The van der Waals surface area contributed by atoms with E-state index in [1.807, 2.05) is 41.1 Å². The Labute approximate surface area is 141 Å². The van der Waals surface area contributed by atoms with Gasteiger partial charge in [0.1, 0.15) is 5.75 Å². The Balaban J connectivity index is 1.69. The lowest BCUT2D eigenvalue weighted by Gasteiger charge is -2.23. The number of rotatable bonds is 4. The van der Waals surface area contributed by atoms with Crippen molar-refractivity contribution >= 4 is 22.4 Å². The number of hydrogen-bond donors (Lipinski definition) is 1. The van der Waals surface area contributed by atoms with Crippen LogP contribution in [0.2, 0.25) is 0 Å². The van der Waals surface area contributed by atoms with E-state index in [2.05, 4.69) is 17.4 Å². The number of fused-ring (bicyclic) bond motifs is 1. The van der Waals surface area contributed by atoms with Gasteiger partial charge in [-0.05, 0) is 55.7 Å². The fraction of sp³-hybridized carbons (Fsp3) is 0.316. The molecule has 0 aliphatic carbocycles. The summed E-state index contributed by atoms with van der Waals surface area (Å²) in [7, 11) is 1.67. The Morgan fingerprint density at radius 3 is 2.71 bits per heavy atom. The second-order valence-corrected chi connectivity index (χ2v) is 5.99. The number of ether oxygens (including phenoxy) is 2. The molecule has 3 aromatic rings. The van der Waals surface area contributed by atoms with E-state index in [4.69, 9.17) is 14.6 Å². The molecule has 5 nitrogen and oxygen atoms in total. The molecule has 0 spiro atoms. The molecule has 5 heteroatoms. The summed E-state index contributed by atoms with van der Waals surface area (Å²) >= 11 is 0. The van der Waals surface area contributed by atoms with Gasteiger partial charge in [-0.2, -0.15) is 5.10 Å². The van der Waals surface area contributed by atoms with Gasteiger partial charge < -0.3 is 14.8 Å². The van der Waals surface area contributed by atoms with E-state index in [0.717, 1.165) is 47.6 Å². The molecule has 1 aliphatic rings. The van der Waals surface area contributed by atoms with Crippen LogP contribution in [0, 0.1) is 0 Å². The predicted octanol–water partition coefficient (Wildman–Crippen LogP) is 4.49. The Bertz CT molecular complexity index is 820. The SMILES string of the molecule is COc1ccc(Nc2nn(C3CCCCO3)c3ccccc23)cc1. The van der Waals surface area contributed by atoms with Crippen molar-refractivity contribution in [2.75, 3.05) is 19.0 Å². The van der Waals surface area contributed by atoms with Gasteiger partial charge in [-0.1, -0.05) is 12.1 Å². The molecule has 0 amide bonds. The average Bonchev–Trinajstić information content (AvgIpc) is 3.02. The lowest BCUT2D eigenvalue weighted by atomic mass is 10.2. The van der Waals surface area contributed by atoms with Gasteiger partial charge >= 0.3 is 0 Å². The van der Waals surface area contributed by atoms with Crippen molar-refractivity contribution in [3.8, 4) is 5.75 Å². The zero-order valence-corrected chi connectivity index (χ0v) is 13.7. The number of anilines is 2. The highest BCUT2D eigenvalue weighted by Crippen LogP contribution is 2.31. The van der Waals surface area contributed by atoms with E-state index in [1.54, 1.807) is 7.11 Å². The molecule has 0 bridgehead atoms. The van der Waals surface area contributed by atoms with Crippen LogP contribution in [0.15, 0.2) is 48.5 Å². The van der Waals surface area contributed by atoms with Gasteiger partial charge in [0.05, 0.1) is 12.6 Å². The summed E-state index contributed by atoms with van der Waals surface area (Å²) in [5.41, 5.74) is 2.08. The smallest absolute Gasteiger partial charge is 0.160 e. The molecule has 1 saturated heterocycles. The van der Waals surface area contributed by atoms with Crippen LogP contribution < -0.4 is 10.1 Å². The molecule has 1 fully saturated rings. The van der Waals surface area contributed by atoms with Crippen molar-refractivity contribution in [3.05, 3.63) is 48.5 Å². The highest BCUT2D eigenvalue weighted by molar-refractivity contribution is 5.92. The first-order chi connectivity index (χ1) is 11.8. The number of para-hydroxylation sites is 1. The van der Waals surface area contributed by atoms with Crippen LogP contribution >= 0.6 is 0 Å². The Morgan fingerprint density at radius 1 is 1.12 bits per heavy atom. The van der Waals surface area contributed by atoms with E-state index < -0.39 is 0 Å². The summed E-state index contributed by atoms with van der Waals surface area (Å²) in [6.07, 6.45) is 3.34. The number of nitrogens with one attached hydrogen (secondary N) is 1. The molecule has 0 saturated carbocycles. The molecule has 1 aromatic heterocycles. The largest absolute Gasteiger partial charge is 0.497 e. The molecule has 1 N–H and O–H groups in total. The third-order valence-electron chi connectivity index (χ3n) is 4.39. The normalized spacial score (nSPS) is 17.8. The van der Waals surface area contributed by atoms with Crippen LogP contribution in [0.25, 0.3) is 10.9 Å². The molecule has 1 aliphatic heterocycles. The Kier molecular flexibility index (Phi) is 4.09. The molecule has 4 rings (SSSR count). The Hall–Kier alpha value is -2.53. The van der Waals surface area contributed by atoms with Crippen LogP contribution in [-0.4, -0.2) is 23.5 Å². The molecule has 2 heterocycles. The minimum absolute atomic E-state index is 0.0232. The molecule has 0 radical (unpaired) electrons. The lowest BCUT2D eigenvalue weighted by Crippen LogP contribution is -2.19. The van der Waals surface area contributed by atoms with Crippen molar-refractivity contribution in [2.45, 2.75) is 25.5 Å². The molecule has 2 aromatic carbocycles. The van der Waals surface area contributed by atoms with E-state index in [9.17, 15) is 0 Å². The van der Waals surface area contributed by atoms with E-state index in [1.165, 1.54) is 6.42 Å². The van der Waals surface area contributed by atoms with Gasteiger partial charge in [0, 0.05) is 17.7 Å². The van der Waals surface area contributed by atoms with E-state index in [-0.39, 0.29) is 6.23 Å². The Morgan fingerprint density at radius 2 is 1.96 bits per heavy atom. The fourth-order valence-corrected chi connectivity index (χ4v) is 3.13.